The third-order valence-corrected chi connectivity index (χ3v) is 2.70. The van der Waals surface area contributed by atoms with Gasteiger partial charge in [-0.1, -0.05) is 0 Å². The van der Waals surface area contributed by atoms with Gasteiger partial charge in [0.25, 0.3) is 0 Å². The van der Waals surface area contributed by atoms with Crippen molar-refractivity contribution in [3.05, 3.63) is 29.5 Å². The molecular formula is C12H12N2O2. The smallest absolute Gasteiger partial charge is 0.231 e. The first kappa shape index (κ1) is 9.27. The van der Waals surface area contributed by atoms with Crippen LogP contribution in [0.3, 0.4) is 0 Å². The van der Waals surface area contributed by atoms with E-state index in [4.69, 9.17) is 9.47 Å². The summed E-state index contributed by atoms with van der Waals surface area (Å²) < 4.78 is 10.7. The summed E-state index contributed by atoms with van der Waals surface area (Å²) in [5, 5.41) is 7.19. The Kier molecular flexibility index (Phi) is 1.89. The minimum absolute atomic E-state index is 0.303. The lowest BCUT2D eigenvalue weighted by Gasteiger charge is -2.04. The Labute approximate surface area is 93.2 Å². The maximum absolute atomic E-state index is 5.36. The van der Waals surface area contributed by atoms with Gasteiger partial charge in [-0.3, -0.25) is 5.10 Å². The lowest BCUT2D eigenvalue weighted by Crippen LogP contribution is -1.92. The van der Waals surface area contributed by atoms with Crippen molar-refractivity contribution in [3.8, 4) is 22.8 Å². The van der Waals surface area contributed by atoms with Crippen molar-refractivity contribution in [1.82, 2.24) is 10.2 Å². The van der Waals surface area contributed by atoms with Crippen molar-refractivity contribution < 1.29 is 9.47 Å². The van der Waals surface area contributed by atoms with Gasteiger partial charge in [-0.15, -0.1) is 0 Å². The maximum atomic E-state index is 5.36. The predicted molar refractivity (Wildman–Crippen MR) is 59.6 cm³/mol. The fourth-order valence-electron chi connectivity index (χ4n) is 1.88. The summed E-state index contributed by atoms with van der Waals surface area (Å²) >= 11 is 0. The van der Waals surface area contributed by atoms with Crippen LogP contribution in [0.1, 0.15) is 11.3 Å². The number of nitrogens with zero attached hydrogens (tertiary/aromatic N) is 1. The van der Waals surface area contributed by atoms with Gasteiger partial charge in [-0.05, 0) is 37.6 Å². The average Bonchev–Trinajstić information content (AvgIpc) is 2.84. The molecule has 0 saturated heterocycles. The Morgan fingerprint density at radius 1 is 1.12 bits per heavy atom. The van der Waals surface area contributed by atoms with Crippen LogP contribution in [0.4, 0.5) is 0 Å². The number of aromatic nitrogens is 2. The quantitative estimate of drug-likeness (QED) is 0.796. The number of rotatable bonds is 1. The molecule has 0 fully saturated rings. The molecule has 16 heavy (non-hydrogen) atoms. The first-order valence-electron chi connectivity index (χ1n) is 5.16. The second-order valence-electron chi connectivity index (χ2n) is 3.96. The van der Waals surface area contributed by atoms with Crippen LogP contribution in [0.25, 0.3) is 11.3 Å². The highest BCUT2D eigenvalue weighted by Gasteiger charge is 2.17. The zero-order valence-corrected chi connectivity index (χ0v) is 9.20. The summed E-state index contributed by atoms with van der Waals surface area (Å²) in [6, 6.07) is 5.99. The molecule has 1 aliphatic heterocycles. The standard InChI is InChI=1S/C12H12N2O2/c1-7-3-11-12(16-6-15-11)5-9(7)10-4-8(2)13-14-10/h3-5H,6H2,1-2H3,(H,13,14). The largest absolute Gasteiger partial charge is 0.454 e. The minimum Gasteiger partial charge on any atom is -0.454 e. The Morgan fingerprint density at radius 3 is 2.56 bits per heavy atom. The highest BCUT2D eigenvalue weighted by Crippen LogP contribution is 2.37. The summed E-state index contributed by atoms with van der Waals surface area (Å²) in [5.74, 6) is 1.61. The number of nitrogens with one attached hydrogen (secondary N) is 1. The van der Waals surface area contributed by atoms with E-state index in [1.807, 2.05) is 32.0 Å². The molecule has 1 aliphatic rings. The zero-order valence-electron chi connectivity index (χ0n) is 9.20. The second kappa shape index (κ2) is 3.27. The van der Waals surface area contributed by atoms with Gasteiger partial charge in [0.15, 0.2) is 11.5 Å². The van der Waals surface area contributed by atoms with Gasteiger partial charge < -0.3 is 9.47 Å². The molecule has 4 nitrogen and oxygen atoms in total. The number of hydrogen-bond donors (Lipinski definition) is 1. The van der Waals surface area contributed by atoms with Crippen molar-refractivity contribution in [3.63, 3.8) is 0 Å². The molecule has 0 unspecified atom stereocenters. The molecule has 1 aromatic carbocycles. The van der Waals surface area contributed by atoms with E-state index in [0.29, 0.717) is 6.79 Å². The summed E-state index contributed by atoms with van der Waals surface area (Å²) in [7, 11) is 0. The molecule has 0 aliphatic carbocycles. The number of aromatic amines is 1. The Hall–Kier alpha value is -1.97. The van der Waals surface area contributed by atoms with Crippen LogP contribution in [-0.4, -0.2) is 17.0 Å². The van der Waals surface area contributed by atoms with E-state index in [1.54, 1.807) is 0 Å². The summed E-state index contributed by atoms with van der Waals surface area (Å²) in [6.07, 6.45) is 0. The van der Waals surface area contributed by atoms with E-state index in [9.17, 15) is 0 Å². The molecule has 3 rings (SSSR count). The minimum atomic E-state index is 0.303. The normalized spacial score (nSPS) is 13.1. The third kappa shape index (κ3) is 1.34. The van der Waals surface area contributed by atoms with E-state index < -0.39 is 0 Å². The lowest BCUT2D eigenvalue weighted by atomic mass is 10.0. The Morgan fingerprint density at radius 2 is 1.88 bits per heavy atom. The van der Waals surface area contributed by atoms with Gasteiger partial charge in [0.2, 0.25) is 6.79 Å². The SMILES string of the molecule is Cc1cc(-c2cc3c(cc2C)OCO3)n[nH]1. The van der Waals surface area contributed by atoms with Gasteiger partial charge in [0.1, 0.15) is 0 Å². The fraction of sp³-hybridized carbons (Fsp3) is 0.250. The molecule has 0 atom stereocenters. The second-order valence-corrected chi connectivity index (χ2v) is 3.96. The lowest BCUT2D eigenvalue weighted by molar-refractivity contribution is 0.174. The molecule has 2 aromatic rings. The molecule has 0 saturated carbocycles. The molecule has 0 radical (unpaired) electrons. The molecule has 0 spiro atoms. The number of ether oxygens (including phenoxy) is 2. The van der Waals surface area contributed by atoms with Crippen LogP contribution in [0, 0.1) is 13.8 Å². The van der Waals surface area contributed by atoms with Gasteiger partial charge in [0.05, 0.1) is 5.69 Å². The number of fused-ring (bicyclic) bond motifs is 1. The van der Waals surface area contributed by atoms with Crippen LogP contribution in [0.2, 0.25) is 0 Å². The molecular weight excluding hydrogens is 204 g/mol. The van der Waals surface area contributed by atoms with Gasteiger partial charge in [-0.25, -0.2) is 0 Å². The van der Waals surface area contributed by atoms with Crippen molar-refractivity contribution in [1.29, 1.82) is 0 Å². The zero-order chi connectivity index (χ0) is 11.1. The van der Waals surface area contributed by atoms with E-state index in [-0.39, 0.29) is 0 Å². The van der Waals surface area contributed by atoms with Crippen molar-refractivity contribution in [2.24, 2.45) is 0 Å². The molecule has 0 bridgehead atoms. The summed E-state index contributed by atoms with van der Waals surface area (Å²) in [4.78, 5) is 0. The van der Waals surface area contributed by atoms with Crippen LogP contribution in [0.15, 0.2) is 18.2 Å². The molecule has 1 aromatic heterocycles. The number of H-pyrrole nitrogens is 1. The number of aryl methyl sites for hydroxylation is 2. The monoisotopic (exact) mass is 216 g/mol. The highest BCUT2D eigenvalue weighted by molar-refractivity contribution is 5.68. The first-order chi connectivity index (χ1) is 7.74. The van der Waals surface area contributed by atoms with Crippen LogP contribution >= 0.6 is 0 Å². The van der Waals surface area contributed by atoms with Crippen molar-refractivity contribution in [2.75, 3.05) is 6.79 Å². The molecule has 2 heterocycles. The van der Waals surface area contributed by atoms with E-state index in [2.05, 4.69) is 10.2 Å². The number of benzene rings is 1. The van der Waals surface area contributed by atoms with Gasteiger partial charge >= 0.3 is 0 Å². The summed E-state index contributed by atoms with van der Waals surface area (Å²) in [5.41, 5.74) is 4.20. The number of hydrogen-bond acceptors (Lipinski definition) is 3. The predicted octanol–water partition coefficient (Wildman–Crippen LogP) is 2.42. The average molecular weight is 216 g/mol. The third-order valence-electron chi connectivity index (χ3n) is 2.70. The van der Waals surface area contributed by atoms with Crippen LogP contribution < -0.4 is 9.47 Å². The Bertz CT molecular complexity index is 546. The molecule has 4 heteroatoms. The van der Waals surface area contributed by atoms with Crippen LogP contribution in [0.5, 0.6) is 11.5 Å². The first-order valence-corrected chi connectivity index (χ1v) is 5.16. The molecule has 1 N–H and O–H groups in total. The van der Waals surface area contributed by atoms with E-state index >= 15 is 0 Å². The van der Waals surface area contributed by atoms with Crippen molar-refractivity contribution in [2.45, 2.75) is 13.8 Å². The van der Waals surface area contributed by atoms with Gasteiger partial charge in [-0.2, -0.15) is 5.10 Å². The molecule has 0 amide bonds. The van der Waals surface area contributed by atoms with Crippen LogP contribution in [-0.2, 0) is 0 Å². The maximum Gasteiger partial charge on any atom is 0.231 e. The van der Waals surface area contributed by atoms with E-state index in [0.717, 1.165) is 34.0 Å². The van der Waals surface area contributed by atoms with Gasteiger partial charge in [0, 0.05) is 11.3 Å². The fourth-order valence-corrected chi connectivity index (χ4v) is 1.88. The highest BCUT2D eigenvalue weighted by atomic mass is 16.7. The van der Waals surface area contributed by atoms with Crippen molar-refractivity contribution >= 4 is 0 Å². The Balaban J connectivity index is 2.14. The van der Waals surface area contributed by atoms with E-state index in [1.165, 1.54) is 0 Å². The molecule has 82 valence electrons. The summed E-state index contributed by atoms with van der Waals surface area (Å²) in [6.45, 7) is 4.33. The topological polar surface area (TPSA) is 47.1 Å².